The van der Waals surface area contributed by atoms with Crippen LogP contribution in [0.5, 0.6) is 0 Å². The average molecular weight is 428 g/mol. The van der Waals surface area contributed by atoms with Crippen molar-refractivity contribution in [3.63, 3.8) is 0 Å². The van der Waals surface area contributed by atoms with Crippen molar-refractivity contribution in [3.05, 3.63) is 66.1 Å². The minimum absolute atomic E-state index is 0.168. The number of carbonyl (C=O) groups excluding carboxylic acids is 1. The monoisotopic (exact) mass is 427 g/mol. The molecule has 0 radical (unpaired) electrons. The van der Waals surface area contributed by atoms with E-state index in [0.29, 0.717) is 31.9 Å². The second-order valence-corrected chi connectivity index (χ2v) is 9.51. The number of fused-ring (bicyclic) bond motifs is 1. The van der Waals surface area contributed by atoms with Crippen molar-refractivity contribution in [2.24, 2.45) is 0 Å². The summed E-state index contributed by atoms with van der Waals surface area (Å²) < 4.78 is 26.6. The molecule has 2 aromatic heterocycles. The number of hydrogen-bond acceptors (Lipinski definition) is 5. The number of pyridine rings is 1. The fraction of sp³-hybridized carbons (Fsp3) is 0.333. The first kappa shape index (κ1) is 20.4. The highest BCUT2D eigenvalue weighted by molar-refractivity contribution is 7.88. The minimum Gasteiger partial charge on any atom is -0.369 e. The Labute approximate surface area is 176 Å². The zero-order valence-electron chi connectivity index (χ0n) is 17.0. The molecule has 1 saturated heterocycles. The van der Waals surface area contributed by atoms with Gasteiger partial charge in [-0.2, -0.15) is 4.31 Å². The second kappa shape index (κ2) is 8.08. The summed E-state index contributed by atoms with van der Waals surface area (Å²) in [6, 6.07) is 13.5. The van der Waals surface area contributed by atoms with Crippen molar-refractivity contribution in [1.82, 2.24) is 19.0 Å². The number of amides is 1. The molecule has 1 N–H and O–H groups in total. The Balaban J connectivity index is 1.38. The first-order chi connectivity index (χ1) is 14.3. The van der Waals surface area contributed by atoms with E-state index in [4.69, 9.17) is 0 Å². The van der Waals surface area contributed by atoms with E-state index in [2.05, 4.69) is 15.2 Å². The van der Waals surface area contributed by atoms with Crippen LogP contribution in [0.25, 0.3) is 5.65 Å². The molecule has 8 nitrogen and oxygen atoms in total. The van der Waals surface area contributed by atoms with Crippen LogP contribution in [0.1, 0.15) is 29.0 Å². The van der Waals surface area contributed by atoms with Crippen LogP contribution >= 0.6 is 0 Å². The van der Waals surface area contributed by atoms with Crippen molar-refractivity contribution >= 4 is 27.3 Å². The van der Waals surface area contributed by atoms with Gasteiger partial charge in [0.25, 0.3) is 5.91 Å². The molecule has 1 aliphatic heterocycles. The molecular weight excluding hydrogens is 402 g/mol. The molecule has 0 bridgehead atoms. The van der Waals surface area contributed by atoms with Crippen molar-refractivity contribution in [2.45, 2.75) is 13.0 Å². The Morgan fingerprint density at radius 3 is 2.40 bits per heavy atom. The largest absolute Gasteiger partial charge is 0.369 e. The highest BCUT2D eigenvalue weighted by Gasteiger charge is 2.23. The molecule has 9 heteroatoms. The minimum atomic E-state index is -3.13. The lowest BCUT2D eigenvalue weighted by Gasteiger charge is -2.34. The maximum absolute atomic E-state index is 12.6. The number of carbonyl (C=O) groups is 1. The number of hydrogen-bond donors (Lipinski definition) is 1. The molecule has 30 heavy (non-hydrogen) atoms. The van der Waals surface area contributed by atoms with Crippen molar-refractivity contribution in [1.29, 1.82) is 0 Å². The van der Waals surface area contributed by atoms with Gasteiger partial charge in [0.2, 0.25) is 10.0 Å². The number of imidazole rings is 1. The number of anilines is 1. The third kappa shape index (κ3) is 4.31. The molecule has 158 valence electrons. The molecule has 0 unspecified atom stereocenters. The van der Waals surface area contributed by atoms with Gasteiger partial charge < -0.3 is 14.6 Å². The quantitative estimate of drug-likeness (QED) is 0.672. The molecule has 0 aliphatic carbocycles. The lowest BCUT2D eigenvalue weighted by molar-refractivity contribution is 0.0935. The van der Waals surface area contributed by atoms with Crippen LogP contribution in [0.3, 0.4) is 0 Å². The van der Waals surface area contributed by atoms with E-state index in [1.54, 1.807) is 6.20 Å². The molecule has 1 aromatic carbocycles. The number of sulfonamides is 1. The van der Waals surface area contributed by atoms with E-state index in [1.165, 1.54) is 10.6 Å². The summed E-state index contributed by atoms with van der Waals surface area (Å²) in [6.07, 6.45) is 4.83. The predicted octanol–water partition coefficient (Wildman–Crippen LogP) is 1.91. The zero-order chi connectivity index (χ0) is 21.3. The Kier molecular flexibility index (Phi) is 5.48. The van der Waals surface area contributed by atoms with Gasteiger partial charge in [-0.05, 0) is 36.8 Å². The Hall–Kier alpha value is -2.91. The number of benzene rings is 1. The number of aromatic nitrogens is 2. The summed E-state index contributed by atoms with van der Waals surface area (Å²) in [5.74, 6) is -0.216. The molecule has 4 rings (SSSR count). The van der Waals surface area contributed by atoms with Gasteiger partial charge in [-0.25, -0.2) is 13.4 Å². The standard InChI is InChI=1S/C21H25N5O3S/c1-16(22-21(27)19-15-25-10-4-3-5-20(25)23-19)17-6-8-18(9-7-17)24-11-13-26(14-12-24)30(2,28)29/h3-10,15-16H,11-14H2,1-2H3,(H,22,27)/t16-/m1/s1. The van der Waals surface area contributed by atoms with Gasteiger partial charge in [0.1, 0.15) is 11.3 Å². The molecule has 3 heterocycles. The van der Waals surface area contributed by atoms with Gasteiger partial charge >= 0.3 is 0 Å². The Bertz CT molecular complexity index is 1120. The summed E-state index contributed by atoms with van der Waals surface area (Å²) in [5.41, 5.74) is 3.15. The molecule has 0 saturated carbocycles. The second-order valence-electron chi connectivity index (χ2n) is 7.53. The highest BCUT2D eigenvalue weighted by atomic mass is 32.2. The molecule has 1 fully saturated rings. The maximum Gasteiger partial charge on any atom is 0.271 e. The fourth-order valence-corrected chi connectivity index (χ4v) is 4.48. The Morgan fingerprint density at radius 1 is 1.07 bits per heavy atom. The zero-order valence-corrected chi connectivity index (χ0v) is 17.8. The van der Waals surface area contributed by atoms with Gasteiger partial charge in [0.15, 0.2) is 0 Å². The molecule has 0 spiro atoms. The topological polar surface area (TPSA) is 87.0 Å². The first-order valence-electron chi connectivity index (χ1n) is 9.86. The smallest absolute Gasteiger partial charge is 0.271 e. The van der Waals surface area contributed by atoms with Crippen LogP contribution in [0.2, 0.25) is 0 Å². The molecule has 1 aliphatic rings. The van der Waals surface area contributed by atoms with E-state index in [-0.39, 0.29) is 11.9 Å². The van der Waals surface area contributed by atoms with Crippen LogP contribution in [0.4, 0.5) is 5.69 Å². The lowest BCUT2D eigenvalue weighted by Crippen LogP contribution is -2.48. The normalized spacial score (nSPS) is 16.5. The summed E-state index contributed by atoms with van der Waals surface area (Å²) in [4.78, 5) is 19.1. The van der Waals surface area contributed by atoms with E-state index < -0.39 is 10.0 Å². The SMILES string of the molecule is C[C@@H](NC(=O)c1cn2ccccc2n1)c1ccc(N2CCN(S(C)(=O)=O)CC2)cc1. The average Bonchev–Trinajstić information content (AvgIpc) is 3.18. The van der Waals surface area contributed by atoms with Gasteiger partial charge in [-0.3, -0.25) is 4.79 Å². The molecule has 1 atom stereocenters. The third-order valence-electron chi connectivity index (χ3n) is 5.41. The summed E-state index contributed by atoms with van der Waals surface area (Å²) in [7, 11) is -3.13. The van der Waals surface area contributed by atoms with Gasteiger partial charge in [-0.1, -0.05) is 18.2 Å². The lowest BCUT2D eigenvalue weighted by atomic mass is 10.1. The molecule has 1 amide bonds. The number of nitrogens with one attached hydrogen (secondary N) is 1. The van der Waals surface area contributed by atoms with E-state index in [0.717, 1.165) is 16.9 Å². The number of piperazine rings is 1. The van der Waals surface area contributed by atoms with E-state index in [1.807, 2.05) is 60.0 Å². The Morgan fingerprint density at radius 2 is 1.77 bits per heavy atom. The van der Waals surface area contributed by atoms with Crippen molar-refractivity contribution < 1.29 is 13.2 Å². The number of nitrogens with zero attached hydrogens (tertiary/aromatic N) is 4. The molecular formula is C21H25N5O3S. The van der Waals surface area contributed by atoms with Crippen molar-refractivity contribution in [3.8, 4) is 0 Å². The predicted molar refractivity (Wildman–Crippen MR) is 116 cm³/mol. The van der Waals surface area contributed by atoms with E-state index >= 15 is 0 Å². The van der Waals surface area contributed by atoms with Gasteiger partial charge in [-0.15, -0.1) is 0 Å². The van der Waals surface area contributed by atoms with Gasteiger partial charge in [0, 0.05) is 44.3 Å². The first-order valence-corrected chi connectivity index (χ1v) is 11.7. The highest BCUT2D eigenvalue weighted by Crippen LogP contribution is 2.21. The maximum atomic E-state index is 12.6. The van der Waals surface area contributed by atoms with Crippen LogP contribution < -0.4 is 10.2 Å². The van der Waals surface area contributed by atoms with Crippen LogP contribution in [-0.2, 0) is 10.0 Å². The van der Waals surface area contributed by atoms with Gasteiger partial charge in [0.05, 0.1) is 12.3 Å². The summed E-state index contributed by atoms with van der Waals surface area (Å²) in [6.45, 7) is 4.24. The third-order valence-corrected chi connectivity index (χ3v) is 6.71. The van der Waals surface area contributed by atoms with E-state index in [9.17, 15) is 13.2 Å². The fourth-order valence-electron chi connectivity index (χ4n) is 3.65. The van der Waals surface area contributed by atoms with Crippen LogP contribution in [-0.4, -0.2) is 60.4 Å². The molecule has 3 aromatic rings. The van der Waals surface area contributed by atoms with Crippen LogP contribution in [0.15, 0.2) is 54.9 Å². The summed E-state index contributed by atoms with van der Waals surface area (Å²) >= 11 is 0. The number of rotatable bonds is 5. The van der Waals surface area contributed by atoms with Crippen LogP contribution in [0, 0.1) is 0 Å². The van der Waals surface area contributed by atoms with Crippen molar-refractivity contribution in [2.75, 3.05) is 37.3 Å². The summed E-state index contributed by atoms with van der Waals surface area (Å²) in [5, 5.41) is 2.99.